The maximum Gasteiger partial charge on any atom is 0.248 e. The summed E-state index contributed by atoms with van der Waals surface area (Å²) in [4.78, 5) is 14.0. The summed E-state index contributed by atoms with van der Waals surface area (Å²) in [5, 5.41) is 0.592. The average molecular weight is 352 g/mol. The Morgan fingerprint density at radius 1 is 1.25 bits per heavy atom. The maximum atomic E-state index is 12.3. The predicted molar refractivity (Wildman–Crippen MR) is 83.7 cm³/mol. The van der Waals surface area contributed by atoms with Crippen LogP contribution >= 0.6 is 27.5 Å². The van der Waals surface area contributed by atoms with Crippen LogP contribution in [-0.2, 0) is 11.3 Å². The molecular formula is C15H12BrClN2O. The van der Waals surface area contributed by atoms with Gasteiger partial charge in [-0.2, -0.15) is 0 Å². The number of halogens is 2. The number of hydrogen-bond acceptors (Lipinski definition) is 2. The standard InChI is InChI=1S/C15H12BrClN2O/c16-12-4-2-1-3-9(12)8-19-13-6-5-10(17)7-11(13)14(18)15(19)20/h1-7,14H,8,18H2. The highest BCUT2D eigenvalue weighted by Crippen LogP contribution is 2.37. The van der Waals surface area contributed by atoms with Gasteiger partial charge in [-0.15, -0.1) is 0 Å². The molecule has 1 aliphatic heterocycles. The van der Waals surface area contributed by atoms with Crippen molar-refractivity contribution in [2.24, 2.45) is 5.73 Å². The number of benzene rings is 2. The summed E-state index contributed by atoms with van der Waals surface area (Å²) >= 11 is 9.48. The molecule has 0 saturated carbocycles. The maximum absolute atomic E-state index is 12.3. The molecule has 0 fully saturated rings. The normalized spacial score (nSPS) is 17.4. The lowest BCUT2D eigenvalue weighted by atomic mass is 10.1. The van der Waals surface area contributed by atoms with Gasteiger partial charge in [0.2, 0.25) is 5.91 Å². The van der Waals surface area contributed by atoms with Crippen LogP contribution in [0.25, 0.3) is 0 Å². The Bertz CT molecular complexity index is 689. The fourth-order valence-electron chi connectivity index (χ4n) is 2.40. The minimum absolute atomic E-state index is 0.0991. The zero-order chi connectivity index (χ0) is 14.3. The molecule has 2 aromatic carbocycles. The number of hydrogen-bond donors (Lipinski definition) is 1. The van der Waals surface area contributed by atoms with Crippen LogP contribution in [0.1, 0.15) is 17.2 Å². The summed E-state index contributed by atoms with van der Waals surface area (Å²) in [5.41, 5.74) is 8.64. The smallest absolute Gasteiger partial charge is 0.248 e. The SMILES string of the molecule is NC1C(=O)N(Cc2ccccc2Br)c2ccc(Cl)cc21. The van der Waals surface area contributed by atoms with Crippen molar-refractivity contribution >= 4 is 39.1 Å². The van der Waals surface area contributed by atoms with Gasteiger partial charge in [-0.1, -0.05) is 45.7 Å². The van der Waals surface area contributed by atoms with Crippen molar-refractivity contribution in [3.05, 3.63) is 63.1 Å². The minimum atomic E-state index is -0.633. The highest BCUT2D eigenvalue weighted by Gasteiger charge is 2.34. The van der Waals surface area contributed by atoms with E-state index >= 15 is 0 Å². The zero-order valence-corrected chi connectivity index (χ0v) is 12.9. The monoisotopic (exact) mass is 350 g/mol. The summed E-state index contributed by atoms with van der Waals surface area (Å²) in [6.45, 7) is 0.489. The lowest BCUT2D eigenvalue weighted by Crippen LogP contribution is -2.31. The molecule has 0 aromatic heterocycles. The van der Waals surface area contributed by atoms with E-state index < -0.39 is 6.04 Å². The Hall–Kier alpha value is -1.36. The number of anilines is 1. The molecule has 2 N–H and O–H groups in total. The van der Waals surface area contributed by atoms with E-state index in [2.05, 4.69) is 15.9 Å². The molecule has 0 bridgehead atoms. The van der Waals surface area contributed by atoms with Crippen molar-refractivity contribution in [3.63, 3.8) is 0 Å². The van der Waals surface area contributed by atoms with Crippen molar-refractivity contribution in [3.8, 4) is 0 Å². The molecule has 0 radical (unpaired) electrons. The first kappa shape index (κ1) is 13.6. The van der Waals surface area contributed by atoms with E-state index in [0.717, 1.165) is 21.3 Å². The minimum Gasteiger partial charge on any atom is -0.316 e. The average Bonchev–Trinajstić information content (AvgIpc) is 2.66. The van der Waals surface area contributed by atoms with E-state index in [4.69, 9.17) is 17.3 Å². The second kappa shape index (κ2) is 5.20. The third kappa shape index (κ3) is 2.24. The van der Waals surface area contributed by atoms with Gasteiger partial charge in [0, 0.05) is 20.7 Å². The van der Waals surface area contributed by atoms with Crippen molar-refractivity contribution in [2.45, 2.75) is 12.6 Å². The highest BCUT2D eigenvalue weighted by atomic mass is 79.9. The molecule has 3 rings (SSSR count). The van der Waals surface area contributed by atoms with Crippen LogP contribution in [0.3, 0.4) is 0 Å². The highest BCUT2D eigenvalue weighted by molar-refractivity contribution is 9.10. The molecule has 1 atom stereocenters. The molecule has 1 aliphatic rings. The number of carbonyl (C=O) groups is 1. The molecule has 20 heavy (non-hydrogen) atoms. The third-order valence-electron chi connectivity index (χ3n) is 3.43. The van der Waals surface area contributed by atoms with Crippen molar-refractivity contribution < 1.29 is 4.79 Å². The predicted octanol–water partition coefficient (Wildman–Crippen LogP) is 3.65. The van der Waals surface area contributed by atoms with Crippen LogP contribution in [0.5, 0.6) is 0 Å². The van der Waals surface area contributed by atoms with Crippen LogP contribution in [0, 0.1) is 0 Å². The number of nitrogens with two attached hydrogens (primary N) is 1. The summed E-state index contributed by atoms with van der Waals surface area (Å²) in [6.07, 6.45) is 0. The Kier molecular flexibility index (Phi) is 3.54. The van der Waals surface area contributed by atoms with Gasteiger partial charge in [0.05, 0.1) is 6.54 Å². The van der Waals surface area contributed by atoms with Crippen LogP contribution in [0.4, 0.5) is 5.69 Å². The van der Waals surface area contributed by atoms with Crippen molar-refractivity contribution in [1.82, 2.24) is 0 Å². The lowest BCUT2D eigenvalue weighted by Gasteiger charge is -2.18. The Balaban J connectivity index is 2.00. The summed E-state index contributed by atoms with van der Waals surface area (Å²) in [7, 11) is 0. The van der Waals surface area contributed by atoms with Gasteiger partial charge in [0.25, 0.3) is 0 Å². The van der Waals surface area contributed by atoms with Gasteiger partial charge in [-0.3, -0.25) is 4.79 Å². The van der Waals surface area contributed by atoms with Gasteiger partial charge in [-0.05, 0) is 29.8 Å². The van der Waals surface area contributed by atoms with Crippen molar-refractivity contribution in [2.75, 3.05) is 4.90 Å². The number of nitrogens with zero attached hydrogens (tertiary/aromatic N) is 1. The molecule has 0 spiro atoms. The van der Waals surface area contributed by atoms with Gasteiger partial charge in [0.1, 0.15) is 6.04 Å². The number of fused-ring (bicyclic) bond motifs is 1. The number of amides is 1. The first-order chi connectivity index (χ1) is 9.58. The van der Waals surface area contributed by atoms with Crippen LogP contribution in [-0.4, -0.2) is 5.91 Å². The largest absolute Gasteiger partial charge is 0.316 e. The molecule has 102 valence electrons. The first-order valence-electron chi connectivity index (χ1n) is 6.18. The second-order valence-corrected chi connectivity index (χ2v) is 5.99. The molecule has 1 amide bonds. The lowest BCUT2D eigenvalue weighted by molar-refractivity contribution is -0.119. The van der Waals surface area contributed by atoms with Crippen molar-refractivity contribution in [1.29, 1.82) is 0 Å². The third-order valence-corrected chi connectivity index (χ3v) is 4.44. The van der Waals surface area contributed by atoms with Gasteiger partial charge < -0.3 is 10.6 Å². The van der Waals surface area contributed by atoms with Crippen LogP contribution in [0.15, 0.2) is 46.9 Å². The molecule has 3 nitrogen and oxygen atoms in total. The summed E-state index contributed by atoms with van der Waals surface area (Å²) < 4.78 is 0.976. The number of rotatable bonds is 2. The van der Waals surface area contributed by atoms with E-state index in [0.29, 0.717) is 11.6 Å². The summed E-state index contributed by atoms with van der Waals surface area (Å²) in [6, 6.07) is 12.6. The Labute approximate surface area is 130 Å². The number of carbonyl (C=O) groups excluding carboxylic acids is 1. The fraction of sp³-hybridized carbons (Fsp3) is 0.133. The zero-order valence-electron chi connectivity index (χ0n) is 10.5. The molecule has 0 saturated heterocycles. The van der Waals surface area contributed by atoms with E-state index in [9.17, 15) is 4.79 Å². The fourth-order valence-corrected chi connectivity index (χ4v) is 2.99. The van der Waals surface area contributed by atoms with Gasteiger partial charge in [-0.25, -0.2) is 0 Å². The molecule has 2 aromatic rings. The van der Waals surface area contributed by atoms with E-state index in [1.807, 2.05) is 30.3 Å². The molecule has 0 aliphatic carbocycles. The van der Waals surface area contributed by atoms with E-state index in [-0.39, 0.29) is 5.91 Å². The van der Waals surface area contributed by atoms with E-state index in [1.54, 1.807) is 17.0 Å². The Morgan fingerprint density at radius 3 is 2.75 bits per heavy atom. The van der Waals surface area contributed by atoms with Gasteiger partial charge >= 0.3 is 0 Å². The topological polar surface area (TPSA) is 46.3 Å². The molecule has 1 heterocycles. The molecule has 1 unspecified atom stereocenters. The quantitative estimate of drug-likeness (QED) is 0.897. The van der Waals surface area contributed by atoms with E-state index in [1.165, 1.54) is 0 Å². The van der Waals surface area contributed by atoms with Crippen LogP contribution < -0.4 is 10.6 Å². The second-order valence-electron chi connectivity index (χ2n) is 4.70. The summed E-state index contributed by atoms with van der Waals surface area (Å²) in [5.74, 6) is -0.0991. The molecular weight excluding hydrogens is 340 g/mol. The molecule has 5 heteroatoms. The van der Waals surface area contributed by atoms with Crippen LogP contribution in [0.2, 0.25) is 5.02 Å². The Morgan fingerprint density at radius 2 is 2.00 bits per heavy atom. The first-order valence-corrected chi connectivity index (χ1v) is 7.35. The van der Waals surface area contributed by atoms with Gasteiger partial charge in [0.15, 0.2) is 0 Å².